The molecule has 0 fully saturated rings. The zero-order chi connectivity index (χ0) is 18.4. The minimum absolute atomic E-state index is 0.313. The molecule has 0 saturated carbocycles. The van der Waals surface area contributed by atoms with E-state index in [9.17, 15) is 4.39 Å². The average Bonchev–Trinajstić information content (AvgIpc) is 3.11. The van der Waals surface area contributed by atoms with Gasteiger partial charge in [0.25, 0.3) is 11.1 Å². The first-order valence-corrected chi connectivity index (χ1v) is 9.65. The Morgan fingerprint density at radius 1 is 1.08 bits per heavy atom. The molecule has 1 aromatic heterocycles. The van der Waals surface area contributed by atoms with E-state index in [0.29, 0.717) is 29.2 Å². The van der Waals surface area contributed by atoms with Crippen molar-refractivity contribution in [1.82, 2.24) is 10.2 Å². The van der Waals surface area contributed by atoms with Crippen LogP contribution in [0.15, 0.2) is 62.6 Å². The third kappa shape index (κ3) is 5.47. The van der Waals surface area contributed by atoms with E-state index in [4.69, 9.17) is 13.9 Å². The SMILES string of the molecule is C[C@H](Oc1ccc(F)cc1)c1nnc(SCCOc2ccc(Br)cc2)o1. The lowest BCUT2D eigenvalue weighted by Gasteiger charge is -2.10. The predicted molar refractivity (Wildman–Crippen MR) is 100 cm³/mol. The zero-order valence-corrected chi connectivity index (χ0v) is 16.3. The highest BCUT2D eigenvalue weighted by molar-refractivity contribution is 9.10. The summed E-state index contributed by atoms with van der Waals surface area (Å²) in [6.45, 7) is 2.31. The number of ether oxygens (including phenoxy) is 2. The van der Waals surface area contributed by atoms with Crippen molar-refractivity contribution in [2.45, 2.75) is 18.3 Å². The molecular weight excluding hydrogens is 423 g/mol. The lowest BCUT2D eigenvalue weighted by molar-refractivity contribution is 0.181. The Bertz CT molecular complexity index is 827. The molecule has 0 aliphatic heterocycles. The van der Waals surface area contributed by atoms with Crippen LogP contribution >= 0.6 is 27.7 Å². The molecule has 26 heavy (non-hydrogen) atoms. The van der Waals surface area contributed by atoms with E-state index in [1.807, 2.05) is 24.3 Å². The number of halogens is 2. The molecule has 0 amide bonds. The number of benzene rings is 2. The quantitative estimate of drug-likeness (QED) is 0.352. The van der Waals surface area contributed by atoms with Gasteiger partial charge in [0.05, 0.1) is 6.61 Å². The molecule has 0 unspecified atom stereocenters. The molecule has 3 rings (SSSR count). The van der Waals surface area contributed by atoms with Gasteiger partial charge in [-0.3, -0.25) is 0 Å². The molecule has 1 atom stereocenters. The summed E-state index contributed by atoms with van der Waals surface area (Å²) in [7, 11) is 0. The van der Waals surface area contributed by atoms with Crippen LogP contribution in [0.1, 0.15) is 18.9 Å². The summed E-state index contributed by atoms with van der Waals surface area (Å²) in [5.41, 5.74) is 0. The van der Waals surface area contributed by atoms with Crippen molar-refractivity contribution < 1.29 is 18.3 Å². The van der Waals surface area contributed by atoms with Crippen molar-refractivity contribution in [2.24, 2.45) is 0 Å². The van der Waals surface area contributed by atoms with Crippen molar-refractivity contribution in [1.29, 1.82) is 0 Å². The highest BCUT2D eigenvalue weighted by atomic mass is 79.9. The number of hydrogen-bond donors (Lipinski definition) is 0. The number of nitrogens with zero attached hydrogens (tertiary/aromatic N) is 2. The first kappa shape index (κ1) is 18.7. The summed E-state index contributed by atoms with van der Waals surface area (Å²) in [6, 6.07) is 13.4. The first-order chi connectivity index (χ1) is 12.6. The van der Waals surface area contributed by atoms with E-state index < -0.39 is 6.10 Å². The molecule has 0 N–H and O–H groups in total. The summed E-state index contributed by atoms with van der Waals surface area (Å²) >= 11 is 4.79. The van der Waals surface area contributed by atoms with Gasteiger partial charge in [-0.15, -0.1) is 10.2 Å². The van der Waals surface area contributed by atoms with Crippen molar-refractivity contribution in [3.63, 3.8) is 0 Å². The summed E-state index contributed by atoms with van der Waals surface area (Å²) < 4.78 is 30.8. The van der Waals surface area contributed by atoms with Gasteiger partial charge in [0.2, 0.25) is 0 Å². The second-order valence-electron chi connectivity index (χ2n) is 5.27. The van der Waals surface area contributed by atoms with E-state index in [-0.39, 0.29) is 5.82 Å². The van der Waals surface area contributed by atoms with Crippen molar-refractivity contribution >= 4 is 27.7 Å². The highest BCUT2D eigenvalue weighted by Crippen LogP contribution is 2.24. The predicted octanol–water partition coefficient (Wildman–Crippen LogP) is 5.28. The van der Waals surface area contributed by atoms with Crippen LogP contribution in [0.5, 0.6) is 11.5 Å². The van der Waals surface area contributed by atoms with Crippen molar-refractivity contribution in [3.8, 4) is 11.5 Å². The Morgan fingerprint density at radius 3 is 2.50 bits per heavy atom. The Kier molecular flexibility index (Phi) is 6.51. The number of thioether (sulfide) groups is 1. The van der Waals surface area contributed by atoms with Gasteiger partial charge in [0.15, 0.2) is 6.10 Å². The maximum absolute atomic E-state index is 12.9. The van der Waals surface area contributed by atoms with Crippen LogP contribution in [0, 0.1) is 5.82 Å². The molecule has 1 heterocycles. The molecule has 3 aromatic rings. The molecule has 136 valence electrons. The van der Waals surface area contributed by atoms with Gasteiger partial charge in [-0.1, -0.05) is 27.7 Å². The second kappa shape index (κ2) is 9.05. The van der Waals surface area contributed by atoms with E-state index in [1.54, 1.807) is 19.1 Å². The largest absolute Gasteiger partial charge is 0.493 e. The van der Waals surface area contributed by atoms with Gasteiger partial charge in [-0.25, -0.2) is 4.39 Å². The monoisotopic (exact) mass is 438 g/mol. The Balaban J connectivity index is 1.45. The molecule has 0 radical (unpaired) electrons. The third-order valence-corrected chi connectivity index (χ3v) is 4.60. The minimum Gasteiger partial charge on any atom is -0.493 e. The fraction of sp³-hybridized carbons (Fsp3) is 0.222. The van der Waals surface area contributed by atoms with E-state index in [1.165, 1.54) is 23.9 Å². The summed E-state index contributed by atoms with van der Waals surface area (Å²) in [4.78, 5) is 0. The van der Waals surface area contributed by atoms with Gasteiger partial charge >= 0.3 is 0 Å². The smallest absolute Gasteiger partial charge is 0.276 e. The fourth-order valence-electron chi connectivity index (χ4n) is 2.03. The Labute approximate surface area is 163 Å². The van der Waals surface area contributed by atoms with Gasteiger partial charge in [-0.05, 0) is 55.5 Å². The fourth-order valence-corrected chi connectivity index (χ4v) is 2.88. The van der Waals surface area contributed by atoms with Crippen LogP contribution in [-0.2, 0) is 0 Å². The van der Waals surface area contributed by atoms with Crippen LogP contribution in [-0.4, -0.2) is 22.6 Å². The van der Waals surface area contributed by atoms with Crippen LogP contribution < -0.4 is 9.47 Å². The Hall–Kier alpha value is -2.06. The molecule has 0 aliphatic carbocycles. The van der Waals surface area contributed by atoms with Crippen LogP contribution in [0.25, 0.3) is 0 Å². The maximum Gasteiger partial charge on any atom is 0.276 e. The van der Waals surface area contributed by atoms with E-state index >= 15 is 0 Å². The van der Waals surface area contributed by atoms with Crippen LogP contribution in [0.2, 0.25) is 0 Å². The second-order valence-corrected chi connectivity index (χ2v) is 7.23. The van der Waals surface area contributed by atoms with Gasteiger partial charge < -0.3 is 13.9 Å². The van der Waals surface area contributed by atoms with Crippen molar-refractivity contribution in [2.75, 3.05) is 12.4 Å². The highest BCUT2D eigenvalue weighted by Gasteiger charge is 2.16. The number of hydrogen-bond acceptors (Lipinski definition) is 6. The zero-order valence-electron chi connectivity index (χ0n) is 13.9. The molecule has 8 heteroatoms. The minimum atomic E-state index is -0.429. The van der Waals surface area contributed by atoms with E-state index in [2.05, 4.69) is 26.1 Å². The summed E-state index contributed by atoms with van der Waals surface area (Å²) in [6.07, 6.45) is -0.429. The molecule has 0 bridgehead atoms. The number of aromatic nitrogens is 2. The normalized spacial score (nSPS) is 12.0. The van der Waals surface area contributed by atoms with Gasteiger partial charge in [0.1, 0.15) is 17.3 Å². The molecular formula is C18H16BrFN2O3S. The maximum atomic E-state index is 12.9. The summed E-state index contributed by atoms with van der Waals surface area (Å²) in [5, 5.41) is 8.44. The standard InChI is InChI=1S/C18H16BrFN2O3S/c1-12(24-16-8-4-14(20)5-9-16)17-21-22-18(25-17)26-11-10-23-15-6-2-13(19)3-7-15/h2-9,12H,10-11H2,1H3/t12-/m0/s1. The lowest BCUT2D eigenvalue weighted by Crippen LogP contribution is -2.03. The molecule has 5 nitrogen and oxygen atoms in total. The topological polar surface area (TPSA) is 57.4 Å². The average molecular weight is 439 g/mol. The lowest BCUT2D eigenvalue weighted by atomic mass is 10.3. The first-order valence-electron chi connectivity index (χ1n) is 7.87. The number of rotatable bonds is 8. The van der Waals surface area contributed by atoms with Crippen molar-refractivity contribution in [3.05, 3.63) is 64.7 Å². The molecule has 2 aromatic carbocycles. The third-order valence-electron chi connectivity index (χ3n) is 3.29. The molecule has 0 spiro atoms. The van der Waals surface area contributed by atoms with Crippen LogP contribution in [0.3, 0.4) is 0 Å². The molecule has 0 saturated heterocycles. The molecule has 0 aliphatic rings. The van der Waals surface area contributed by atoms with E-state index in [0.717, 1.165) is 10.2 Å². The Morgan fingerprint density at radius 2 is 1.77 bits per heavy atom. The summed E-state index contributed by atoms with van der Waals surface area (Å²) in [5.74, 6) is 2.07. The van der Waals surface area contributed by atoms with Crippen LogP contribution in [0.4, 0.5) is 4.39 Å². The van der Waals surface area contributed by atoms with Gasteiger partial charge in [0, 0.05) is 10.2 Å². The van der Waals surface area contributed by atoms with Gasteiger partial charge in [-0.2, -0.15) is 0 Å².